The lowest BCUT2D eigenvalue weighted by atomic mass is 9.98. The number of nitriles is 1. The quantitative estimate of drug-likeness (QED) is 0.107. The van der Waals surface area contributed by atoms with Gasteiger partial charge in [0, 0.05) is 23.9 Å². The molecule has 2 aliphatic rings. The van der Waals surface area contributed by atoms with Gasteiger partial charge in [-0.15, -0.1) is 0 Å². The number of methoxy groups -OCH3 is 2. The Bertz CT molecular complexity index is 2780. The predicted molar refractivity (Wildman–Crippen MR) is 231 cm³/mol. The van der Waals surface area contributed by atoms with Crippen LogP contribution in [-0.2, 0) is 19.1 Å². The van der Waals surface area contributed by atoms with Gasteiger partial charge in [0.15, 0.2) is 0 Å². The maximum Gasteiger partial charge on any atom is 0.407 e. The lowest BCUT2D eigenvalue weighted by molar-refractivity contribution is -0.136. The molecule has 5 atom stereocenters. The third-order valence-corrected chi connectivity index (χ3v) is 12.1. The van der Waals surface area contributed by atoms with E-state index in [1.165, 1.54) is 14.2 Å². The van der Waals surface area contributed by atoms with Crippen molar-refractivity contribution in [3.8, 4) is 17.2 Å². The largest absolute Gasteiger partial charge is 0.453 e. The number of alkyl carbamates (subject to hydrolysis) is 2. The molecule has 0 radical (unpaired) electrons. The molecule has 8 rings (SSSR count). The standard InChI is InChI=1S/C46H49N9O6/c1-23(2)36(52-45(58)60-6)43(56)54-18-8-9-35(54)41-48-33-16-12-28-19-26(10-14-31(28)38(33)50-41)27-11-15-32-29(20-27)13-17-34-39(32)51-42(49-34)40-25(5)30(21-47)22-55(40)44(57)37(24(3)4)53-46(59)61-7/h10-17,19-20,23-24,30,35-37,40H,5,8-9,18,22H2,1-4,6-7H3,(H,48,50)(H,49,51)(H,52,58)(H,53,59)/t30-,35+,36+,37+,40+/m1/s1. The number of benzene rings is 4. The molecule has 0 saturated carbocycles. The van der Waals surface area contributed by atoms with Gasteiger partial charge < -0.3 is 39.9 Å². The zero-order chi connectivity index (χ0) is 43.3. The second-order valence-corrected chi connectivity index (χ2v) is 16.6. The Kier molecular flexibility index (Phi) is 10.9. The van der Waals surface area contributed by atoms with E-state index in [1.54, 1.807) is 4.90 Å². The number of hydrogen-bond donors (Lipinski definition) is 4. The van der Waals surface area contributed by atoms with Gasteiger partial charge in [-0.3, -0.25) is 9.59 Å². The number of amides is 4. The predicted octanol–water partition coefficient (Wildman–Crippen LogP) is 7.42. The molecule has 15 nitrogen and oxygen atoms in total. The molecule has 4 aromatic carbocycles. The SMILES string of the molecule is C=C1[C@H](C#N)CN(C(=O)[C@@H](NC(=O)OC)C(C)C)[C@@H]1c1nc2c(ccc3cc(-c4ccc5c(ccc6[nH]c([C@@H]7CCCN7C(=O)[C@@H](NC(=O)OC)C(C)C)nc65)c4)ccc32)[nH]1. The summed E-state index contributed by atoms with van der Waals surface area (Å²) in [6.45, 7) is 12.4. The molecule has 2 saturated heterocycles. The van der Waals surface area contributed by atoms with Gasteiger partial charge in [-0.1, -0.05) is 70.7 Å². The van der Waals surface area contributed by atoms with E-state index in [0.717, 1.165) is 73.4 Å². The highest BCUT2D eigenvalue weighted by Gasteiger charge is 2.44. The number of aromatic nitrogens is 4. The number of nitrogens with zero attached hydrogens (tertiary/aromatic N) is 5. The number of likely N-dealkylation sites (tertiary alicyclic amines) is 2. The van der Waals surface area contributed by atoms with Crippen molar-refractivity contribution in [2.24, 2.45) is 17.8 Å². The van der Waals surface area contributed by atoms with Gasteiger partial charge >= 0.3 is 12.2 Å². The average molecular weight is 824 g/mol. The van der Waals surface area contributed by atoms with Crippen molar-refractivity contribution in [1.29, 1.82) is 5.26 Å². The first-order valence-corrected chi connectivity index (χ1v) is 20.5. The van der Waals surface area contributed by atoms with Gasteiger partial charge in [0.25, 0.3) is 0 Å². The topological polar surface area (TPSA) is 198 Å². The molecule has 2 aromatic heterocycles. The summed E-state index contributed by atoms with van der Waals surface area (Å²) in [7, 11) is 2.53. The lowest BCUT2D eigenvalue weighted by Crippen LogP contribution is -2.51. The molecule has 314 valence electrons. The summed E-state index contributed by atoms with van der Waals surface area (Å²) in [5.74, 6) is -0.258. The minimum atomic E-state index is -0.872. The maximum absolute atomic E-state index is 14.0. The number of carbonyl (C=O) groups excluding carboxylic acids is 4. The van der Waals surface area contributed by atoms with E-state index in [0.29, 0.717) is 17.9 Å². The molecule has 2 fully saturated rings. The molecule has 0 spiro atoms. The molecule has 0 unspecified atom stereocenters. The van der Waals surface area contributed by atoms with Crippen LogP contribution in [0.4, 0.5) is 9.59 Å². The van der Waals surface area contributed by atoms with Crippen LogP contribution in [0.25, 0.3) is 54.7 Å². The molecule has 15 heteroatoms. The van der Waals surface area contributed by atoms with Crippen molar-refractivity contribution >= 4 is 67.6 Å². The molecular weight excluding hydrogens is 775 g/mol. The second-order valence-electron chi connectivity index (χ2n) is 16.6. The number of aromatic amines is 2. The summed E-state index contributed by atoms with van der Waals surface area (Å²) >= 11 is 0. The highest BCUT2D eigenvalue weighted by molar-refractivity contribution is 6.07. The summed E-state index contributed by atoms with van der Waals surface area (Å²) in [5.41, 5.74) is 5.81. The smallest absolute Gasteiger partial charge is 0.407 e. The van der Waals surface area contributed by atoms with Crippen LogP contribution in [-0.4, -0.2) is 93.1 Å². The van der Waals surface area contributed by atoms with E-state index in [-0.39, 0.29) is 36.2 Å². The molecule has 61 heavy (non-hydrogen) atoms. The molecule has 2 aliphatic heterocycles. The van der Waals surface area contributed by atoms with E-state index in [2.05, 4.69) is 69.6 Å². The van der Waals surface area contributed by atoms with Crippen molar-refractivity contribution in [2.75, 3.05) is 27.3 Å². The molecule has 0 bridgehead atoms. The molecule has 4 heterocycles. The summed E-state index contributed by atoms with van der Waals surface area (Å²) in [6.07, 6.45) is 0.240. The fourth-order valence-corrected chi connectivity index (χ4v) is 8.83. The van der Waals surface area contributed by atoms with Crippen LogP contribution in [0.2, 0.25) is 0 Å². The molecule has 4 amide bonds. The number of fused-ring (bicyclic) bond motifs is 6. The highest BCUT2D eigenvalue weighted by atomic mass is 16.5. The number of rotatable bonds is 9. The van der Waals surface area contributed by atoms with Crippen LogP contribution in [0, 0.1) is 29.1 Å². The van der Waals surface area contributed by atoms with Crippen LogP contribution in [0.1, 0.15) is 64.3 Å². The first kappa shape index (κ1) is 40.8. The minimum Gasteiger partial charge on any atom is -0.453 e. The van der Waals surface area contributed by atoms with Gasteiger partial charge in [-0.05, 0) is 76.4 Å². The van der Waals surface area contributed by atoms with Gasteiger partial charge in [0.2, 0.25) is 11.8 Å². The minimum absolute atomic E-state index is 0.126. The number of H-pyrrole nitrogens is 2. The zero-order valence-electron chi connectivity index (χ0n) is 35.0. The first-order valence-electron chi connectivity index (χ1n) is 20.5. The highest BCUT2D eigenvalue weighted by Crippen LogP contribution is 2.41. The fourth-order valence-electron chi connectivity index (χ4n) is 8.83. The monoisotopic (exact) mass is 823 g/mol. The Hall–Kier alpha value is -6.95. The Labute approximate surface area is 352 Å². The average Bonchev–Trinajstić information content (AvgIpc) is 4.08. The van der Waals surface area contributed by atoms with Gasteiger partial charge in [0.1, 0.15) is 29.8 Å². The number of carbonyl (C=O) groups is 4. The van der Waals surface area contributed by atoms with Gasteiger partial charge in [-0.25, -0.2) is 19.6 Å². The van der Waals surface area contributed by atoms with E-state index in [4.69, 9.17) is 19.4 Å². The van der Waals surface area contributed by atoms with Crippen LogP contribution < -0.4 is 10.6 Å². The van der Waals surface area contributed by atoms with Crippen LogP contribution in [0.5, 0.6) is 0 Å². The summed E-state index contributed by atoms with van der Waals surface area (Å²) in [5, 5.41) is 19.2. The number of imidazole rings is 2. The summed E-state index contributed by atoms with van der Waals surface area (Å²) < 4.78 is 9.57. The van der Waals surface area contributed by atoms with Crippen molar-refractivity contribution in [2.45, 2.75) is 64.7 Å². The lowest BCUT2D eigenvalue weighted by Gasteiger charge is -2.29. The first-order chi connectivity index (χ1) is 29.3. The van der Waals surface area contributed by atoms with Gasteiger partial charge in [-0.2, -0.15) is 5.26 Å². The van der Waals surface area contributed by atoms with E-state index >= 15 is 0 Å². The Balaban J connectivity index is 1.07. The molecule has 0 aliphatic carbocycles. The molecular formula is C46H49N9O6. The van der Waals surface area contributed by atoms with Crippen LogP contribution >= 0.6 is 0 Å². The number of nitrogens with one attached hydrogen (secondary N) is 4. The summed E-state index contributed by atoms with van der Waals surface area (Å²) in [6, 6.07) is 20.4. The van der Waals surface area contributed by atoms with E-state index in [1.807, 2.05) is 56.9 Å². The van der Waals surface area contributed by atoms with Crippen molar-refractivity contribution < 1.29 is 28.7 Å². The van der Waals surface area contributed by atoms with Crippen LogP contribution in [0.3, 0.4) is 0 Å². The zero-order valence-corrected chi connectivity index (χ0v) is 35.0. The Morgan fingerprint density at radius 2 is 1.28 bits per heavy atom. The third-order valence-electron chi connectivity index (χ3n) is 12.1. The van der Waals surface area contributed by atoms with Gasteiger partial charge in [0.05, 0.1) is 54.3 Å². The van der Waals surface area contributed by atoms with Crippen LogP contribution in [0.15, 0.2) is 72.8 Å². The van der Waals surface area contributed by atoms with E-state index < -0.39 is 36.2 Å². The third kappa shape index (κ3) is 7.36. The number of ether oxygens (including phenoxy) is 2. The second kappa shape index (κ2) is 16.2. The fraction of sp³-hybridized carbons (Fsp3) is 0.370. The summed E-state index contributed by atoms with van der Waals surface area (Å²) in [4.78, 5) is 72.3. The molecule has 6 aromatic rings. The van der Waals surface area contributed by atoms with Crippen molar-refractivity contribution in [1.82, 2.24) is 40.4 Å². The maximum atomic E-state index is 14.0. The van der Waals surface area contributed by atoms with E-state index in [9.17, 15) is 24.4 Å². The Morgan fingerprint density at radius 1 is 0.770 bits per heavy atom. The normalized spacial score (nSPS) is 18.9. The number of hydrogen-bond acceptors (Lipinski definition) is 9. The van der Waals surface area contributed by atoms with Crippen molar-refractivity contribution in [3.63, 3.8) is 0 Å². The van der Waals surface area contributed by atoms with Crippen molar-refractivity contribution in [3.05, 3.63) is 84.5 Å². The Morgan fingerprint density at radius 3 is 1.79 bits per heavy atom. The molecule has 4 N–H and O–H groups in total.